The van der Waals surface area contributed by atoms with Gasteiger partial charge in [-0.1, -0.05) is 30.3 Å². The predicted molar refractivity (Wildman–Crippen MR) is 102 cm³/mol. The number of esters is 1. The summed E-state index contributed by atoms with van der Waals surface area (Å²) in [5.41, 5.74) is 3.52. The number of cyclic esters (lactones) is 1. The number of anilines is 1. The molecule has 0 bridgehead atoms. The number of carbonyl (C=O) groups excluding carboxylic acids is 1. The maximum atomic E-state index is 13.3. The molecule has 0 amide bonds. The van der Waals surface area contributed by atoms with Crippen LogP contribution in [0.25, 0.3) is 0 Å². The van der Waals surface area contributed by atoms with Crippen LogP contribution in [-0.2, 0) is 20.9 Å². The van der Waals surface area contributed by atoms with E-state index in [1.54, 1.807) is 30.3 Å². The molecule has 0 spiro atoms. The number of aliphatic imine (C=N–C) groups is 1. The van der Waals surface area contributed by atoms with Gasteiger partial charge in [-0.05, 0) is 29.8 Å². The van der Waals surface area contributed by atoms with Crippen LogP contribution in [0.15, 0.2) is 64.7 Å². The molecule has 1 aliphatic heterocycles. The summed E-state index contributed by atoms with van der Waals surface area (Å²) in [4.78, 5) is 15.9. The molecule has 0 atom stereocenters. The normalized spacial score (nSPS) is 16.0. The third-order valence-electron chi connectivity index (χ3n) is 4.19. The highest BCUT2D eigenvalue weighted by Gasteiger charge is 2.72. The number of nitrogens with zero attached hydrogens (tertiary/aromatic N) is 2. The van der Waals surface area contributed by atoms with Crippen molar-refractivity contribution in [2.75, 3.05) is 12.0 Å². The summed E-state index contributed by atoms with van der Waals surface area (Å²) < 4.78 is 98.4. The highest BCUT2D eigenvalue weighted by Crippen LogP contribution is 2.46. The number of hydrazone groups is 1. The maximum absolute atomic E-state index is 13.3. The average molecular weight is 477 g/mol. The molecule has 1 N–H and O–H groups in total. The smallest absolute Gasteiger partial charge is 0.401 e. The predicted octanol–water partition coefficient (Wildman–Crippen LogP) is 4.77. The van der Waals surface area contributed by atoms with Gasteiger partial charge in [-0.2, -0.15) is 35.7 Å². The van der Waals surface area contributed by atoms with E-state index in [0.717, 1.165) is 0 Å². The third kappa shape index (κ3) is 5.48. The van der Waals surface area contributed by atoms with Gasteiger partial charge in [0.1, 0.15) is 6.61 Å². The van der Waals surface area contributed by atoms with Gasteiger partial charge in [-0.25, -0.2) is 4.79 Å². The molecule has 1 aliphatic rings. The number of carbonyl (C=O) groups is 1. The van der Waals surface area contributed by atoms with Crippen LogP contribution in [0.5, 0.6) is 0 Å². The number of benzene rings is 2. The Morgan fingerprint density at radius 2 is 1.67 bits per heavy atom. The van der Waals surface area contributed by atoms with Crippen molar-refractivity contribution >= 4 is 23.4 Å². The topological polar surface area (TPSA) is 72.3 Å². The molecule has 0 saturated heterocycles. The van der Waals surface area contributed by atoms with E-state index >= 15 is 0 Å². The Balaban J connectivity index is 1.66. The van der Waals surface area contributed by atoms with Crippen molar-refractivity contribution in [1.82, 2.24) is 0 Å². The molecule has 2 aromatic rings. The van der Waals surface area contributed by atoms with Gasteiger partial charge >= 0.3 is 24.0 Å². The lowest BCUT2D eigenvalue weighted by Gasteiger charge is -2.27. The highest BCUT2D eigenvalue weighted by atomic mass is 19.4. The minimum Gasteiger partial charge on any atom is -0.401 e. The molecule has 0 unspecified atom stereocenters. The Kier molecular flexibility index (Phi) is 6.72. The average Bonchev–Trinajstić information content (AvgIpc) is 3.13. The molecule has 0 aromatic heterocycles. The van der Waals surface area contributed by atoms with E-state index in [2.05, 4.69) is 20.3 Å². The second-order valence-corrected chi connectivity index (χ2v) is 6.69. The molecule has 2 aromatic carbocycles. The van der Waals surface area contributed by atoms with Gasteiger partial charge in [0.05, 0.1) is 12.3 Å². The molecule has 3 rings (SSSR count). The van der Waals surface area contributed by atoms with E-state index in [1.165, 1.54) is 24.3 Å². The van der Waals surface area contributed by atoms with Gasteiger partial charge in [0.2, 0.25) is 5.90 Å². The molecule has 0 saturated carbocycles. The van der Waals surface area contributed by atoms with E-state index in [0.29, 0.717) is 5.69 Å². The number of ether oxygens (including phenoxy) is 2. The summed E-state index contributed by atoms with van der Waals surface area (Å²) in [7, 11) is 0. The van der Waals surface area contributed by atoms with Crippen LogP contribution in [0.3, 0.4) is 0 Å². The Labute approximate surface area is 181 Å². The molecule has 6 nitrogen and oxygen atoms in total. The van der Waals surface area contributed by atoms with Crippen LogP contribution >= 0.6 is 0 Å². The maximum Gasteiger partial charge on any atom is 0.459 e. The largest absolute Gasteiger partial charge is 0.459 e. The van der Waals surface area contributed by atoms with Crippen molar-refractivity contribution in [2.45, 2.75) is 24.6 Å². The van der Waals surface area contributed by atoms with Gasteiger partial charge in [0.15, 0.2) is 0 Å². The zero-order valence-electron chi connectivity index (χ0n) is 16.4. The zero-order chi connectivity index (χ0) is 24.3. The van der Waals surface area contributed by atoms with Gasteiger partial charge in [-0.3, -0.25) is 5.43 Å². The Bertz CT molecular complexity index is 1070. The first-order valence-corrected chi connectivity index (χ1v) is 9.10. The molecular formula is C20H14F7N3O3. The third-order valence-corrected chi connectivity index (χ3v) is 4.19. The van der Waals surface area contributed by atoms with Crippen molar-refractivity contribution in [3.05, 3.63) is 65.7 Å². The fourth-order valence-electron chi connectivity index (χ4n) is 2.51. The van der Waals surface area contributed by atoms with Crippen LogP contribution in [0.4, 0.5) is 36.4 Å². The van der Waals surface area contributed by atoms with Gasteiger partial charge in [-0.15, -0.1) is 5.10 Å². The molecule has 33 heavy (non-hydrogen) atoms. The molecule has 0 radical (unpaired) electrons. The summed E-state index contributed by atoms with van der Waals surface area (Å²) in [6.45, 7) is -2.88. The summed E-state index contributed by atoms with van der Waals surface area (Å²) in [6, 6.07) is 14.1. The van der Waals surface area contributed by atoms with Crippen LogP contribution in [0, 0.1) is 0 Å². The SMILES string of the molecule is O=C1OC(c2cccc(COCC(F)(F)C(F)(F)C(F)(F)F)c2)=N/C1=N/Nc1ccccc1. The van der Waals surface area contributed by atoms with Crippen LogP contribution in [0.1, 0.15) is 11.1 Å². The number of hydrogen-bond donors (Lipinski definition) is 1. The minimum atomic E-state index is -6.43. The molecular weight excluding hydrogens is 463 g/mol. The first-order valence-electron chi connectivity index (χ1n) is 9.10. The van der Waals surface area contributed by atoms with Crippen LogP contribution < -0.4 is 5.43 Å². The molecule has 1 heterocycles. The summed E-state index contributed by atoms with van der Waals surface area (Å²) in [5.74, 6) is -13.1. The van der Waals surface area contributed by atoms with Crippen LogP contribution in [-0.4, -0.2) is 42.3 Å². The number of rotatable bonds is 8. The monoisotopic (exact) mass is 477 g/mol. The standard InChI is InChI=1S/C20H14F7N3O3/c21-18(22,19(23,24)20(25,26)27)11-32-10-12-5-4-6-13(9-12)16-28-15(17(31)33-16)30-29-14-7-2-1-3-8-14/h1-9,29H,10-11H2/b30-15+. The number of alkyl halides is 7. The van der Waals surface area contributed by atoms with Gasteiger partial charge in [0, 0.05) is 5.56 Å². The van der Waals surface area contributed by atoms with E-state index in [4.69, 9.17) is 4.74 Å². The summed E-state index contributed by atoms with van der Waals surface area (Å²) in [5, 5.41) is 3.83. The highest BCUT2D eigenvalue weighted by molar-refractivity contribution is 6.43. The van der Waals surface area contributed by atoms with Crippen molar-refractivity contribution in [3.8, 4) is 0 Å². The van der Waals surface area contributed by atoms with E-state index in [1.807, 2.05) is 0 Å². The Morgan fingerprint density at radius 3 is 2.33 bits per heavy atom. The minimum absolute atomic E-state index is 0.130. The second kappa shape index (κ2) is 9.17. The lowest BCUT2D eigenvalue weighted by atomic mass is 10.1. The van der Waals surface area contributed by atoms with Crippen molar-refractivity contribution in [2.24, 2.45) is 10.1 Å². The molecule has 0 fully saturated rings. The first-order chi connectivity index (χ1) is 15.4. The fourth-order valence-corrected chi connectivity index (χ4v) is 2.51. The first kappa shape index (κ1) is 24.2. The number of nitrogens with one attached hydrogen (secondary N) is 1. The number of amidine groups is 1. The van der Waals surface area contributed by atoms with Crippen molar-refractivity contribution in [1.29, 1.82) is 0 Å². The van der Waals surface area contributed by atoms with E-state index in [9.17, 15) is 35.5 Å². The molecule has 13 heteroatoms. The number of hydrogen-bond acceptors (Lipinski definition) is 5. The Morgan fingerprint density at radius 1 is 0.970 bits per heavy atom. The summed E-state index contributed by atoms with van der Waals surface area (Å²) >= 11 is 0. The van der Waals surface area contributed by atoms with Crippen LogP contribution in [0.2, 0.25) is 0 Å². The quantitative estimate of drug-likeness (QED) is 0.338. The lowest BCUT2D eigenvalue weighted by Crippen LogP contribution is -2.54. The van der Waals surface area contributed by atoms with Gasteiger partial charge < -0.3 is 9.47 Å². The zero-order valence-corrected chi connectivity index (χ0v) is 16.4. The number of halogens is 7. The molecule has 0 aliphatic carbocycles. The second-order valence-electron chi connectivity index (χ2n) is 6.69. The fraction of sp³-hybridized carbons (Fsp3) is 0.250. The van der Waals surface area contributed by atoms with Crippen molar-refractivity contribution < 1.29 is 45.0 Å². The van der Waals surface area contributed by atoms with E-state index < -0.39 is 37.2 Å². The van der Waals surface area contributed by atoms with E-state index in [-0.39, 0.29) is 22.9 Å². The lowest BCUT2D eigenvalue weighted by molar-refractivity contribution is -0.361. The Hall–Kier alpha value is -3.48. The molecule has 176 valence electrons. The summed E-state index contributed by atoms with van der Waals surface area (Å²) in [6.07, 6.45) is -6.43. The van der Waals surface area contributed by atoms with Gasteiger partial charge in [0.25, 0.3) is 5.84 Å². The number of para-hydroxylation sites is 1. The van der Waals surface area contributed by atoms with Crippen molar-refractivity contribution in [3.63, 3.8) is 0 Å².